The van der Waals surface area contributed by atoms with Gasteiger partial charge in [-0.3, -0.25) is 14.9 Å². The molecule has 0 bridgehead atoms. The molecule has 0 heterocycles. The quantitative estimate of drug-likeness (QED) is 0.144. The van der Waals surface area contributed by atoms with E-state index in [4.69, 9.17) is 14.2 Å². The van der Waals surface area contributed by atoms with Gasteiger partial charge in [0.25, 0.3) is 5.69 Å². The number of benzene rings is 3. The Morgan fingerprint density at radius 2 is 1.46 bits per heavy atom. The van der Waals surface area contributed by atoms with Gasteiger partial charge >= 0.3 is 0 Å². The number of anilines is 1. The maximum Gasteiger partial charge on any atom is 0.269 e. The highest BCUT2D eigenvalue weighted by molar-refractivity contribution is 6.02. The fourth-order valence-electron chi connectivity index (χ4n) is 3.20. The molecule has 3 aromatic rings. The molecule has 0 radical (unpaired) electrons. The molecule has 1 amide bonds. The lowest BCUT2D eigenvalue weighted by molar-refractivity contribution is -0.384. The van der Waals surface area contributed by atoms with Gasteiger partial charge in [0.15, 0.2) is 11.5 Å². The number of rotatable bonds is 9. The van der Waals surface area contributed by atoms with Gasteiger partial charge in [0, 0.05) is 18.2 Å². The number of carbonyl (C=O) groups is 1. The van der Waals surface area contributed by atoms with Crippen LogP contribution in [0.3, 0.4) is 0 Å². The summed E-state index contributed by atoms with van der Waals surface area (Å²) in [4.78, 5) is 22.4. The maximum atomic E-state index is 12.2. The van der Waals surface area contributed by atoms with Crippen LogP contribution in [0, 0.1) is 10.1 Å². The lowest BCUT2D eigenvalue weighted by atomic mass is 10.1. The third-order valence-electron chi connectivity index (χ3n) is 4.97. The molecule has 180 valence electrons. The molecule has 0 fully saturated rings. The van der Waals surface area contributed by atoms with Crippen LogP contribution in [0.1, 0.15) is 16.7 Å². The van der Waals surface area contributed by atoms with E-state index in [0.717, 1.165) is 5.56 Å². The van der Waals surface area contributed by atoms with Crippen LogP contribution in [0.25, 0.3) is 18.2 Å². The molecule has 9 heteroatoms. The molecule has 0 unspecified atom stereocenters. The molecule has 0 aliphatic heterocycles. The molecule has 0 atom stereocenters. The third kappa shape index (κ3) is 6.38. The number of nitrogens with zero attached hydrogens (tertiary/aromatic N) is 1. The Labute approximate surface area is 202 Å². The van der Waals surface area contributed by atoms with E-state index in [1.165, 1.54) is 63.8 Å². The minimum absolute atomic E-state index is 0.0315. The molecule has 0 spiro atoms. The minimum Gasteiger partial charge on any atom is -0.506 e. The zero-order chi connectivity index (χ0) is 25.4. The van der Waals surface area contributed by atoms with Gasteiger partial charge in [-0.1, -0.05) is 18.2 Å². The van der Waals surface area contributed by atoms with Gasteiger partial charge in [-0.2, -0.15) is 0 Å². The molecule has 0 saturated heterocycles. The van der Waals surface area contributed by atoms with Crippen molar-refractivity contribution in [1.82, 2.24) is 0 Å². The standard InChI is InChI=1S/C26H24N2O7/c1-33-23-15-19(16-24(34-2)26(23)35-3)5-4-18-8-12-21(22(29)14-18)27-25(30)13-9-17-6-10-20(11-7-17)28(31)32/h4-16,29H,1-3H3,(H,27,30)/b5-4?,13-9+. The average molecular weight is 476 g/mol. The van der Waals surface area contributed by atoms with Crippen LogP contribution < -0.4 is 19.5 Å². The van der Waals surface area contributed by atoms with Gasteiger partial charge in [0.1, 0.15) is 5.75 Å². The first-order valence-electron chi connectivity index (χ1n) is 10.4. The Morgan fingerprint density at radius 1 is 0.857 bits per heavy atom. The third-order valence-corrected chi connectivity index (χ3v) is 4.97. The Morgan fingerprint density at radius 3 is 2.00 bits per heavy atom. The number of carbonyl (C=O) groups excluding carboxylic acids is 1. The van der Waals surface area contributed by atoms with Crippen LogP contribution in [0.15, 0.2) is 60.7 Å². The molecule has 3 aromatic carbocycles. The molecule has 0 aliphatic rings. The molecule has 35 heavy (non-hydrogen) atoms. The van der Waals surface area contributed by atoms with E-state index < -0.39 is 10.8 Å². The fraction of sp³-hybridized carbons (Fsp3) is 0.115. The monoisotopic (exact) mass is 476 g/mol. The molecule has 2 N–H and O–H groups in total. The number of ether oxygens (including phenoxy) is 3. The topological polar surface area (TPSA) is 120 Å². The summed E-state index contributed by atoms with van der Waals surface area (Å²) >= 11 is 0. The van der Waals surface area contributed by atoms with Gasteiger partial charge in [0.05, 0.1) is 31.9 Å². The molecule has 3 rings (SSSR count). The molecule has 0 saturated carbocycles. The minimum atomic E-state index is -0.494. The first kappa shape index (κ1) is 24.8. The number of methoxy groups -OCH3 is 3. The summed E-state index contributed by atoms with van der Waals surface area (Å²) < 4.78 is 16.0. The van der Waals surface area contributed by atoms with Crippen molar-refractivity contribution in [2.75, 3.05) is 26.6 Å². The second kappa shape index (κ2) is 11.4. The van der Waals surface area contributed by atoms with E-state index in [0.29, 0.717) is 28.4 Å². The highest BCUT2D eigenvalue weighted by Crippen LogP contribution is 2.38. The van der Waals surface area contributed by atoms with Crippen molar-refractivity contribution in [3.8, 4) is 23.0 Å². The highest BCUT2D eigenvalue weighted by atomic mass is 16.6. The predicted molar refractivity (Wildman–Crippen MR) is 134 cm³/mol. The van der Waals surface area contributed by atoms with Gasteiger partial charge < -0.3 is 24.6 Å². The van der Waals surface area contributed by atoms with Gasteiger partial charge in [-0.05, 0) is 59.2 Å². The summed E-state index contributed by atoms with van der Waals surface area (Å²) in [6, 6.07) is 14.2. The lowest BCUT2D eigenvalue weighted by Gasteiger charge is -2.12. The predicted octanol–water partition coefficient (Wildman–Crippen LogP) is 5.15. The van der Waals surface area contributed by atoms with Crippen LogP contribution in [0.5, 0.6) is 23.0 Å². The van der Waals surface area contributed by atoms with E-state index in [9.17, 15) is 20.0 Å². The number of nitrogens with one attached hydrogen (secondary N) is 1. The Hall–Kier alpha value is -4.79. The van der Waals surface area contributed by atoms with Crippen molar-refractivity contribution in [3.05, 3.63) is 87.5 Å². The lowest BCUT2D eigenvalue weighted by Crippen LogP contribution is -2.07. The van der Waals surface area contributed by atoms with Gasteiger partial charge in [0.2, 0.25) is 11.7 Å². The number of hydrogen-bond acceptors (Lipinski definition) is 7. The van der Waals surface area contributed by atoms with Crippen LogP contribution in [-0.2, 0) is 4.79 Å². The number of nitro benzene ring substituents is 1. The zero-order valence-electron chi connectivity index (χ0n) is 19.3. The van der Waals surface area contributed by atoms with Crippen LogP contribution in [-0.4, -0.2) is 37.3 Å². The number of hydrogen-bond donors (Lipinski definition) is 2. The van der Waals surface area contributed by atoms with Crippen LogP contribution >= 0.6 is 0 Å². The van der Waals surface area contributed by atoms with E-state index in [2.05, 4.69) is 5.32 Å². The maximum absolute atomic E-state index is 12.2. The number of phenolic OH excluding ortho intramolecular Hbond substituents is 1. The molecular formula is C26H24N2O7. The van der Waals surface area contributed by atoms with E-state index in [1.54, 1.807) is 30.3 Å². The molecular weight excluding hydrogens is 452 g/mol. The number of phenols is 1. The molecule has 0 aromatic heterocycles. The van der Waals surface area contributed by atoms with Gasteiger partial charge in [-0.15, -0.1) is 0 Å². The number of aromatic hydroxyl groups is 1. The second-order valence-corrected chi connectivity index (χ2v) is 7.24. The van der Waals surface area contributed by atoms with Crippen molar-refractivity contribution < 1.29 is 29.0 Å². The highest BCUT2D eigenvalue weighted by Gasteiger charge is 2.12. The number of nitro groups is 1. The van der Waals surface area contributed by atoms with Crippen molar-refractivity contribution >= 4 is 35.5 Å². The largest absolute Gasteiger partial charge is 0.506 e. The average Bonchev–Trinajstić information content (AvgIpc) is 2.87. The summed E-state index contributed by atoms with van der Waals surface area (Å²) in [6.07, 6.45) is 6.41. The summed E-state index contributed by atoms with van der Waals surface area (Å²) in [5.41, 5.74) is 2.34. The van der Waals surface area contributed by atoms with E-state index in [-0.39, 0.29) is 17.1 Å². The Bertz CT molecular complexity index is 1260. The van der Waals surface area contributed by atoms with E-state index in [1.807, 2.05) is 6.08 Å². The summed E-state index contributed by atoms with van der Waals surface area (Å²) in [5.74, 6) is 0.976. The Balaban J connectivity index is 1.69. The molecule has 0 aliphatic carbocycles. The Kier molecular flexibility index (Phi) is 8.07. The summed E-state index contributed by atoms with van der Waals surface area (Å²) in [7, 11) is 4.61. The SMILES string of the molecule is COc1cc(C=Cc2ccc(NC(=O)/C=C/c3ccc([N+](=O)[O-])cc3)c(O)c2)cc(OC)c1OC. The van der Waals surface area contributed by atoms with Crippen molar-refractivity contribution in [1.29, 1.82) is 0 Å². The first-order valence-corrected chi connectivity index (χ1v) is 10.4. The van der Waals surface area contributed by atoms with E-state index >= 15 is 0 Å². The molecule has 9 nitrogen and oxygen atoms in total. The van der Waals surface area contributed by atoms with Gasteiger partial charge in [-0.25, -0.2) is 0 Å². The van der Waals surface area contributed by atoms with Crippen LogP contribution in [0.4, 0.5) is 11.4 Å². The fourth-order valence-corrected chi connectivity index (χ4v) is 3.20. The number of non-ortho nitro benzene ring substituents is 1. The van der Waals surface area contributed by atoms with Crippen molar-refractivity contribution in [2.45, 2.75) is 0 Å². The second-order valence-electron chi connectivity index (χ2n) is 7.24. The smallest absolute Gasteiger partial charge is 0.269 e. The van der Waals surface area contributed by atoms with Crippen molar-refractivity contribution in [2.24, 2.45) is 0 Å². The summed E-state index contributed by atoms with van der Waals surface area (Å²) in [5, 5.41) is 23.7. The summed E-state index contributed by atoms with van der Waals surface area (Å²) in [6.45, 7) is 0. The van der Waals surface area contributed by atoms with Crippen molar-refractivity contribution in [3.63, 3.8) is 0 Å². The number of amides is 1. The first-order chi connectivity index (χ1) is 16.8. The van der Waals surface area contributed by atoms with Crippen LogP contribution in [0.2, 0.25) is 0 Å². The zero-order valence-corrected chi connectivity index (χ0v) is 19.3. The normalized spacial score (nSPS) is 10.9.